The maximum absolute atomic E-state index is 14.2. The van der Waals surface area contributed by atoms with Crippen molar-refractivity contribution >= 4 is 27.6 Å². The van der Waals surface area contributed by atoms with E-state index >= 15 is 0 Å². The van der Waals surface area contributed by atoms with Gasteiger partial charge < -0.3 is 30.1 Å². The number of hydrogen-bond acceptors (Lipinski definition) is 7. The van der Waals surface area contributed by atoms with Crippen LogP contribution in [0.5, 0.6) is 5.75 Å². The number of rotatable bonds is 8. The highest BCUT2D eigenvalue weighted by atomic mass is 32.2. The third-order valence-corrected chi connectivity index (χ3v) is 9.53. The molecule has 1 aliphatic heterocycles. The lowest BCUT2D eigenvalue weighted by Crippen LogP contribution is -2.48. The van der Waals surface area contributed by atoms with Crippen molar-refractivity contribution in [1.82, 2.24) is 14.5 Å². The molecule has 2 aromatic carbocycles. The van der Waals surface area contributed by atoms with E-state index in [0.717, 1.165) is 18.6 Å². The topological polar surface area (TPSA) is 138 Å². The summed E-state index contributed by atoms with van der Waals surface area (Å²) >= 11 is 0. The first kappa shape index (κ1) is 36.2. The fourth-order valence-electron chi connectivity index (χ4n) is 5.03. The standard InChI is InChI=1S/C32H47FN4O7S/c1-21(2)34-32(40)35-26-12-15-29-28(17-26)31(39)37(23(4)20-38)18-22(3)30(43-16-8-7-9-24(5)44-29)19-36(6)45(41,42)27-13-10-25(33)11-14-27/h10-15,17,21-24,30,38H,7-9,16,18-20H2,1-6H3,(H2,34,35,40)/t22-,23-,24-,30+/m1/s1. The molecule has 3 amide bonds. The van der Waals surface area contributed by atoms with E-state index in [1.165, 1.54) is 28.4 Å². The number of carbonyl (C=O) groups excluding carboxylic acids is 2. The normalized spacial score (nSPS) is 21.1. The summed E-state index contributed by atoms with van der Waals surface area (Å²) in [4.78, 5) is 28.1. The van der Waals surface area contributed by atoms with Crippen LogP contribution >= 0.6 is 0 Å². The lowest BCUT2D eigenvalue weighted by molar-refractivity contribution is -0.00834. The highest BCUT2D eigenvalue weighted by Crippen LogP contribution is 2.29. The van der Waals surface area contributed by atoms with Crippen molar-refractivity contribution in [3.63, 3.8) is 0 Å². The average molecular weight is 651 g/mol. The number of hydrogen-bond donors (Lipinski definition) is 3. The Kier molecular flexibility index (Phi) is 13.2. The van der Waals surface area contributed by atoms with Gasteiger partial charge in [-0.1, -0.05) is 6.92 Å². The molecule has 1 aliphatic rings. The van der Waals surface area contributed by atoms with Crippen molar-refractivity contribution in [3.8, 4) is 5.75 Å². The van der Waals surface area contributed by atoms with Gasteiger partial charge in [0, 0.05) is 44.4 Å². The number of sulfonamides is 1. The number of anilines is 1. The summed E-state index contributed by atoms with van der Waals surface area (Å²) in [7, 11) is -2.50. The largest absolute Gasteiger partial charge is 0.490 e. The number of halogens is 1. The molecule has 3 N–H and O–H groups in total. The van der Waals surface area contributed by atoms with Gasteiger partial charge in [0.1, 0.15) is 11.6 Å². The van der Waals surface area contributed by atoms with Crippen LogP contribution in [-0.2, 0) is 14.8 Å². The Balaban J connectivity index is 1.96. The van der Waals surface area contributed by atoms with E-state index in [2.05, 4.69) is 10.6 Å². The van der Waals surface area contributed by atoms with Gasteiger partial charge in [-0.3, -0.25) is 4.79 Å². The zero-order chi connectivity index (χ0) is 33.3. The first-order valence-electron chi connectivity index (χ1n) is 15.4. The van der Waals surface area contributed by atoms with E-state index in [1.54, 1.807) is 25.1 Å². The molecule has 13 heteroatoms. The highest BCUT2D eigenvalue weighted by Gasteiger charge is 2.32. The van der Waals surface area contributed by atoms with E-state index in [0.29, 0.717) is 30.9 Å². The van der Waals surface area contributed by atoms with Gasteiger partial charge in [0.2, 0.25) is 10.0 Å². The van der Waals surface area contributed by atoms with Crippen molar-refractivity contribution in [2.24, 2.45) is 5.92 Å². The minimum atomic E-state index is -3.94. The summed E-state index contributed by atoms with van der Waals surface area (Å²) in [6.45, 7) is 9.36. The van der Waals surface area contributed by atoms with E-state index in [4.69, 9.17) is 9.47 Å². The lowest BCUT2D eigenvalue weighted by Gasteiger charge is -2.35. The fourth-order valence-corrected chi connectivity index (χ4v) is 6.21. The fraction of sp³-hybridized carbons (Fsp3) is 0.562. The SMILES string of the molecule is CC(C)NC(=O)Nc1ccc2c(c1)C(=O)N([C@H](C)CO)C[C@@H](C)[C@H](CN(C)S(=O)(=O)c1ccc(F)cc1)OCCCC[C@@H](C)O2. The minimum Gasteiger partial charge on any atom is -0.490 e. The molecule has 45 heavy (non-hydrogen) atoms. The van der Waals surface area contributed by atoms with E-state index in [1.807, 2.05) is 27.7 Å². The molecular formula is C32H47FN4O7S. The number of amides is 3. The zero-order valence-corrected chi connectivity index (χ0v) is 27.8. The second kappa shape index (κ2) is 16.3. The number of aliphatic hydroxyl groups is 1. The number of carbonyl (C=O) groups is 2. The molecule has 11 nitrogen and oxygen atoms in total. The Morgan fingerprint density at radius 2 is 1.82 bits per heavy atom. The van der Waals surface area contributed by atoms with Crippen molar-refractivity contribution in [2.75, 3.05) is 38.7 Å². The maximum Gasteiger partial charge on any atom is 0.319 e. The Morgan fingerprint density at radius 3 is 2.47 bits per heavy atom. The lowest BCUT2D eigenvalue weighted by atomic mass is 10.0. The summed E-state index contributed by atoms with van der Waals surface area (Å²) in [5.74, 6) is -0.953. The Bertz CT molecular complexity index is 1390. The summed E-state index contributed by atoms with van der Waals surface area (Å²) in [5.41, 5.74) is 0.623. The average Bonchev–Trinajstić information content (AvgIpc) is 2.98. The molecule has 250 valence electrons. The molecule has 2 aromatic rings. The number of likely N-dealkylation sites (N-methyl/N-ethyl adjacent to an activating group) is 1. The maximum atomic E-state index is 14.2. The second-order valence-electron chi connectivity index (χ2n) is 12.0. The van der Waals surface area contributed by atoms with Gasteiger partial charge >= 0.3 is 6.03 Å². The summed E-state index contributed by atoms with van der Waals surface area (Å²) < 4.78 is 53.7. The molecule has 3 rings (SSSR count). The molecular weight excluding hydrogens is 603 g/mol. The van der Waals surface area contributed by atoms with E-state index < -0.39 is 39.9 Å². The van der Waals surface area contributed by atoms with Crippen LogP contribution < -0.4 is 15.4 Å². The van der Waals surface area contributed by atoms with Crippen LogP contribution in [0.1, 0.15) is 64.2 Å². The quantitative estimate of drug-likeness (QED) is 0.383. The van der Waals surface area contributed by atoms with Crippen LogP contribution in [0.25, 0.3) is 0 Å². The molecule has 0 bridgehead atoms. The van der Waals surface area contributed by atoms with Crippen molar-refractivity contribution in [1.29, 1.82) is 0 Å². The van der Waals surface area contributed by atoms with Crippen LogP contribution in [0.2, 0.25) is 0 Å². The van der Waals surface area contributed by atoms with Crippen LogP contribution in [-0.4, -0.2) is 92.3 Å². The van der Waals surface area contributed by atoms with E-state index in [-0.39, 0.29) is 48.2 Å². The summed E-state index contributed by atoms with van der Waals surface area (Å²) in [6, 6.07) is 8.44. The summed E-state index contributed by atoms with van der Waals surface area (Å²) in [6.07, 6.45) is 1.34. The zero-order valence-electron chi connectivity index (χ0n) is 27.0. The monoisotopic (exact) mass is 650 g/mol. The molecule has 0 saturated heterocycles. The number of aliphatic hydroxyl groups excluding tert-OH is 1. The molecule has 0 fully saturated rings. The molecule has 4 atom stereocenters. The molecule has 0 radical (unpaired) electrons. The van der Waals surface area contributed by atoms with Crippen molar-refractivity contribution in [2.45, 2.75) is 83.1 Å². The number of nitrogens with zero attached hydrogens (tertiary/aromatic N) is 2. The predicted octanol–water partition coefficient (Wildman–Crippen LogP) is 4.47. The van der Waals surface area contributed by atoms with Crippen LogP contribution in [0.3, 0.4) is 0 Å². The van der Waals surface area contributed by atoms with Gasteiger partial charge in [-0.15, -0.1) is 0 Å². The third-order valence-electron chi connectivity index (χ3n) is 7.69. The smallest absolute Gasteiger partial charge is 0.319 e. The van der Waals surface area contributed by atoms with Crippen LogP contribution in [0, 0.1) is 11.7 Å². The van der Waals surface area contributed by atoms with Gasteiger partial charge in [0.05, 0.1) is 35.3 Å². The molecule has 0 aromatic heterocycles. The van der Waals surface area contributed by atoms with Crippen molar-refractivity contribution in [3.05, 3.63) is 53.8 Å². The second-order valence-corrected chi connectivity index (χ2v) is 14.0. The van der Waals surface area contributed by atoms with Gasteiger partial charge in [-0.2, -0.15) is 4.31 Å². The highest BCUT2D eigenvalue weighted by molar-refractivity contribution is 7.89. The number of ether oxygens (including phenoxy) is 2. The molecule has 0 spiro atoms. The number of urea groups is 1. The van der Waals surface area contributed by atoms with Gasteiger partial charge in [-0.05, 0) is 89.4 Å². The van der Waals surface area contributed by atoms with Crippen molar-refractivity contribution < 1.29 is 37.0 Å². The van der Waals surface area contributed by atoms with Crippen LogP contribution in [0.4, 0.5) is 14.9 Å². The van der Waals surface area contributed by atoms with Crippen LogP contribution in [0.15, 0.2) is 47.4 Å². The minimum absolute atomic E-state index is 0.00839. The molecule has 0 unspecified atom stereocenters. The Labute approximate surface area is 266 Å². The molecule has 0 aliphatic carbocycles. The first-order chi connectivity index (χ1) is 21.2. The Morgan fingerprint density at radius 1 is 1.13 bits per heavy atom. The summed E-state index contributed by atoms with van der Waals surface area (Å²) in [5, 5.41) is 15.7. The van der Waals surface area contributed by atoms with Gasteiger partial charge in [0.15, 0.2) is 0 Å². The number of nitrogens with one attached hydrogen (secondary N) is 2. The number of benzene rings is 2. The van der Waals surface area contributed by atoms with Gasteiger partial charge in [-0.25, -0.2) is 17.6 Å². The Hall–Kier alpha value is -3.26. The first-order valence-corrected chi connectivity index (χ1v) is 16.8. The van der Waals surface area contributed by atoms with E-state index in [9.17, 15) is 27.5 Å². The third kappa shape index (κ3) is 10.1. The molecule has 1 heterocycles. The predicted molar refractivity (Wildman–Crippen MR) is 170 cm³/mol. The number of fused-ring (bicyclic) bond motifs is 1. The molecule has 0 saturated carbocycles. The van der Waals surface area contributed by atoms with Gasteiger partial charge in [0.25, 0.3) is 5.91 Å².